The van der Waals surface area contributed by atoms with Crippen molar-refractivity contribution in [2.75, 3.05) is 24.6 Å². The van der Waals surface area contributed by atoms with E-state index in [4.69, 9.17) is 40.3 Å². The first kappa shape index (κ1) is 85.1. The number of unbranched alkanes of at least 4 members (excludes halogenated alkanes) is 2. The number of carbonyl (C=O) groups is 8. The Kier molecular flexibility index (Phi) is 28.2. The number of aliphatic hydroxyl groups is 1. The summed E-state index contributed by atoms with van der Waals surface area (Å²) in [5.41, 5.74) is 16.1. The maximum absolute atomic E-state index is 14.8. The molecule has 0 saturated carbocycles. The number of aromatic nitrogens is 4. The molecular formula is C81H95F4N11O15. The summed E-state index contributed by atoms with van der Waals surface area (Å²) in [6, 6.07) is 28.2. The number of anilines is 2. The van der Waals surface area contributed by atoms with Crippen LogP contribution in [0.4, 0.5) is 43.8 Å². The lowest BCUT2D eigenvalue weighted by molar-refractivity contribution is -0.162. The number of aliphatic carboxylic acids is 1. The molecule has 0 radical (unpaired) electrons. The Morgan fingerprint density at radius 2 is 0.883 bits per heavy atom. The molecule has 0 fully saturated rings. The number of ether oxygens (including phenoxy) is 5. The molecule has 0 saturated heterocycles. The van der Waals surface area contributed by atoms with Gasteiger partial charge >= 0.3 is 36.2 Å². The summed E-state index contributed by atoms with van der Waals surface area (Å²) in [6.45, 7) is 22.2. The number of carboxylic acid groups (broad SMARTS) is 1. The number of benzene rings is 6. The molecule has 9 N–H and O–H groups in total. The first-order chi connectivity index (χ1) is 52.1. The van der Waals surface area contributed by atoms with Gasteiger partial charge in [-0.3, -0.25) is 19.2 Å². The number of rotatable bonds is 22. The molecule has 2 atom stereocenters. The zero-order chi connectivity index (χ0) is 81.4. The Bertz CT molecular complexity index is 4720. The van der Waals surface area contributed by atoms with Crippen LogP contribution in [0.3, 0.4) is 0 Å². The van der Waals surface area contributed by atoms with Crippen LogP contribution in [0, 0.1) is 29.2 Å². The summed E-state index contributed by atoms with van der Waals surface area (Å²) in [6.07, 6.45) is 0.374. The molecule has 0 bridgehead atoms. The van der Waals surface area contributed by atoms with Crippen LogP contribution in [-0.4, -0.2) is 129 Å². The number of carboxylic acids is 1. The molecule has 592 valence electrons. The normalized spacial score (nSPS) is 13.1. The van der Waals surface area contributed by atoms with Crippen molar-refractivity contribution >= 4 is 81.7 Å². The van der Waals surface area contributed by atoms with Crippen LogP contribution in [0.5, 0.6) is 0 Å². The summed E-state index contributed by atoms with van der Waals surface area (Å²) in [4.78, 5) is 120. The van der Waals surface area contributed by atoms with Gasteiger partial charge in [0.2, 0.25) is 11.9 Å². The second kappa shape index (κ2) is 36.8. The van der Waals surface area contributed by atoms with Gasteiger partial charge in [0.15, 0.2) is 23.3 Å². The second-order valence-corrected chi connectivity index (χ2v) is 30.7. The quantitative estimate of drug-likeness (QED) is 0.0143. The van der Waals surface area contributed by atoms with Crippen molar-refractivity contribution in [3.63, 3.8) is 0 Å². The zero-order valence-corrected chi connectivity index (χ0v) is 64.2. The van der Waals surface area contributed by atoms with E-state index in [2.05, 4.69) is 35.9 Å². The molecule has 6 aromatic carbocycles. The third-order valence-corrected chi connectivity index (χ3v) is 16.9. The van der Waals surface area contributed by atoms with Crippen molar-refractivity contribution in [3.8, 4) is 22.3 Å². The number of nitrogens with two attached hydrogens (primary N) is 2. The van der Waals surface area contributed by atoms with Crippen LogP contribution < -0.4 is 27.4 Å². The second-order valence-electron chi connectivity index (χ2n) is 30.7. The van der Waals surface area contributed by atoms with Gasteiger partial charge in [0.1, 0.15) is 46.4 Å². The molecule has 4 heterocycles. The SMILES string of the molecule is CC(C)(C)OC(=O)C[C@@H](CCCCNC(=O)OC(C)(C)C)C(=O)OCc1cc(F)c(F)cc1-c1ccc2nc(N)nc(C(=O)N3Cc4ccccc4C3)c2c1.CC(C)(C)OC(=O)NCCCC[C@H](NC(=O)OC(C)(C)C)C(=O)O.Nc1nc(C(=O)N2Cc3ccccc3C2)c2cc(-c3cc(F)c(F)cc3CO)ccc2n1. The molecule has 2 aliphatic rings. The third kappa shape index (κ3) is 25.0. The van der Waals surface area contributed by atoms with E-state index in [-0.39, 0.29) is 77.6 Å². The predicted octanol–water partition coefficient (Wildman–Crippen LogP) is 13.9. The van der Waals surface area contributed by atoms with Gasteiger partial charge in [0.25, 0.3) is 11.8 Å². The Morgan fingerprint density at radius 1 is 0.495 bits per heavy atom. The van der Waals surface area contributed by atoms with E-state index in [0.29, 0.717) is 96.9 Å². The number of fused-ring (bicyclic) bond motifs is 4. The fourth-order valence-electron chi connectivity index (χ4n) is 12.0. The van der Waals surface area contributed by atoms with Crippen molar-refractivity contribution in [1.29, 1.82) is 0 Å². The Balaban J connectivity index is 0.000000233. The molecule has 26 nitrogen and oxygen atoms in total. The van der Waals surface area contributed by atoms with Crippen molar-refractivity contribution < 1.29 is 89.8 Å². The lowest BCUT2D eigenvalue weighted by atomic mass is 9.97. The van der Waals surface area contributed by atoms with Gasteiger partial charge in [0.05, 0.1) is 30.0 Å². The molecule has 5 amide bonds. The molecule has 0 spiro atoms. The van der Waals surface area contributed by atoms with Crippen LogP contribution in [-0.2, 0) is 77.5 Å². The monoisotopic (exact) mass is 1540 g/mol. The average molecular weight is 1540 g/mol. The molecular weight excluding hydrogens is 1440 g/mol. The number of halogens is 4. The number of carbonyl (C=O) groups excluding carboxylic acids is 7. The van der Waals surface area contributed by atoms with E-state index in [1.54, 1.807) is 129 Å². The third-order valence-electron chi connectivity index (χ3n) is 16.9. The molecule has 30 heteroatoms. The van der Waals surface area contributed by atoms with E-state index in [1.165, 1.54) is 0 Å². The van der Waals surface area contributed by atoms with E-state index < -0.39 is 107 Å². The number of hydrogen-bond acceptors (Lipinski definition) is 20. The summed E-state index contributed by atoms with van der Waals surface area (Å²) >= 11 is 0. The van der Waals surface area contributed by atoms with Crippen LogP contribution in [0.25, 0.3) is 44.1 Å². The summed E-state index contributed by atoms with van der Waals surface area (Å²) in [5, 5.41) is 27.1. The van der Waals surface area contributed by atoms with Gasteiger partial charge in [0, 0.05) is 55.6 Å². The highest BCUT2D eigenvalue weighted by atomic mass is 19.2. The first-order valence-corrected chi connectivity index (χ1v) is 36.1. The topological polar surface area (TPSA) is 369 Å². The van der Waals surface area contributed by atoms with Crippen LogP contribution in [0.1, 0.15) is 182 Å². The number of aliphatic hydroxyl groups excluding tert-OH is 1. The Morgan fingerprint density at radius 3 is 1.29 bits per heavy atom. The number of esters is 2. The van der Waals surface area contributed by atoms with E-state index in [1.807, 2.05) is 48.5 Å². The summed E-state index contributed by atoms with van der Waals surface area (Å²) in [5.74, 6) is -8.54. The van der Waals surface area contributed by atoms with Gasteiger partial charge < -0.3 is 71.1 Å². The van der Waals surface area contributed by atoms with Crippen LogP contribution in [0.15, 0.2) is 109 Å². The van der Waals surface area contributed by atoms with Crippen molar-refractivity contribution in [3.05, 3.63) is 177 Å². The molecule has 0 unspecified atom stereocenters. The fraction of sp³-hybridized carbons (Fsp3) is 0.407. The highest BCUT2D eigenvalue weighted by Crippen LogP contribution is 2.36. The number of hydrogen-bond donors (Lipinski definition) is 7. The van der Waals surface area contributed by atoms with Crippen LogP contribution in [0.2, 0.25) is 0 Å². The minimum Gasteiger partial charge on any atom is -0.480 e. The molecule has 0 aliphatic carbocycles. The molecule has 10 rings (SSSR count). The standard InChI is InChI=1S/C41H47F2N5O7.C24H18F2N4O2.C16H30N2O6/c1-40(2,3)54-34(49)19-25(11-9-10-16-45-39(52)55-41(4,5)6)37(51)53-23-28-18-31(42)32(43)20-29(28)24-14-15-33-30(17-24)35(47-38(44)46-33)36(50)48-21-26-12-7-8-13-27(26)22-48;25-19-8-16(12-31)17(9-20(19)26)13-5-6-21-18(7-13)22(29-24(27)28-21)23(32)30-10-14-3-1-2-4-15(14)11-30;1-15(2,3)23-13(21)17-10-8-7-9-11(12(19)20)18-14(22)24-16(4,5)6/h7-8,12-15,17-18,20,25H,9-11,16,19,21-23H2,1-6H3,(H,45,52)(H2,44,46,47);1-9,31H,10-12H2,(H2,27,28,29);11H,7-10H2,1-6H3,(H,17,21)(H,18,22)(H,19,20)/t25-;;11-/m1.0/s1. The van der Waals surface area contributed by atoms with Crippen molar-refractivity contribution in [2.45, 2.75) is 196 Å². The van der Waals surface area contributed by atoms with Gasteiger partial charge in [-0.15, -0.1) is 0 Å². The minimum absolute atomic E-state index is 0.0332. The van der Waals surface area contributed by atoms with Crippen LogP contribution >= 0.6 is 0 Å². The molecule has 2 aromatic heterocycles. The highest BCUT2D eigenvalue weighted by Gasteiger charge is 2.32. The number of alkyl carbamates (subject to hydrolysis) is 3. The molecule has 111 heavy (non-hydrogen) atoms. The molecule has 8 aromatic rings. The van der Waals surface area contributed by atoms with Gasteiger partial charge in [-0.2, -0.15) is 0 Å². The zero-order valence-electron chi connectivity index (χ0n) is 64.2. The van der Waals surface area contributed by atoms with Gasteiger partial charge in [-0.25, -0.2) is 56.7 Å². The van der Waals surface area contributed by atoms with Gasteiger partial charge in [-0.05, 0) is 214 Å². The fourth-order valence-corrected chi connectivity index (χ4v) is 12.0. The van der Waals surface area contributed by atoms with E-state index in [0.717, 1.165) is 46.5 Å². The van der Waals surface area contributed by atoms with Crippen molar-refractivity contribution in [2.24, 2.45) is 5.92 Å². The minimum atomic E-state index is -1.15. The van der Waals surface area contributed by atoms with E-state index >= 15 is 0 Å². The van der Waals surface area contributed by atoms with Gasteiger partial charge in [-0.1, -0.05) is 67.1 Å². The lowest BCUT2D eigenvalue weighted by Gasteiger charge is -2.22. The number of amides is 5. The first-order valence-electron chi connectivity index (χ1n) is 36.1. The smallest absolute Gasteiger partial charge is 0.408 e. The number of nitrogens with one attached hydrogen (secondary N) is 3. The highest BCUT2D eigenvalue weighted by molar-refractivity contribution is 6.07. The number of nitrogen functional groups attached to an aromatic ring is 2. The summed E-state index contributed by atoms with van der Waals surface area (Å²) < 4.78 is 83.6. The lowest BCUT2D eigenvalue weighted by Crippen LogP contribution is -2.43. The average Bonchev–Trinajstić information content (AvgIpc) is 1.21. The van der Waals surface area contributed by atoms with E-state index in [9.17, 15) is 61.0 Å². The summed E-state index contributed by atoms with van der Waals surface area (Å²) in [7, 11) is 0. The number of nitrogens with zero attached hydrogens (tertiary/aromatic N) is 6. The largest absolute Gasteiger partial charge is 0.480 e. The Labute approximate surface area is 640 Å². The maximum Gasteiger partial charge on any atom is 0.408 e. The van der Waals surface area contributed by atoms with Crippen molar-refractivity contribution in [1.82, 2.24) is 45.7 Å². The maximum atomic E-state index is 14.8. The predicted molar refractivity (Wildman–Crippen MR) is 405 cm³/mol. The molecule has 2 aliphatic heterocycles. The Hall–Kier alpha value is -11.6.